The molecule has 0 saturated heterocycles. The van der Waals surface area contributed by atoms with Crippen LogP contribution in [0.2, 0.25) is 0 Å². The molecule has 0 aliphatic carbocycles. The molecule has 10 nitrogen and oxygen atoms in total. The Hall–Kier alpha value is -4.46. The van der Waals surface area contributed by atoms with E-state index >= 15 is 0 Å². The largest absolute Gasteiger partial charge is 0.573 e. The zero-order chi connectivity index (χ0) is 28.4. The molecule has 3 heterocycles. The number of nitrogens with one attached hydrogen (secondary N) is 2. The summed E-state index contributed by atoms with van der Waals surface area (Å²) >= 11 is 1.32. The molecule has 2 amide bonds. The van der Waals surface area contributed by atoms with Gasteiger partial charge in [0.25, 0.3) is 0 Å². The van der Waals surface area contributed by atoms with Crippen molar-refractivity contribution >= 4 is 34.0 Å². The number of amides is 2. The molecule has 0 atom stereocenters. The molecule has 0 unspecified atom stereocenters. The first-order valence-electron chi connectivity index (χ1n) is 12.2. The van der Waals surface area contributed by atoms with Gasteiger partial charge in [-0.05, 0) is 55.2 Å². The highest BCUT2D eigenvalue weighted by Gasteiger charge is 2.31. The van der Waals surface area contributed by atoms with Crippen LogP contribution in [0.15, 0.2) is 60.9 Å². The molecule has 208 valence electrons. The Morgan fingerprint density at radius 3 is 2.50 bits per heavy atom. The first-order valence-corrected chi connectivity index (χ1v) is 13.0. The lowest BCUT2D eigenvalue weighted by Crippen LogP contribution is -2.18. The van der Waals surface area contributed by atoms with Crippen molar-refractivity contribution in [2.45, 2.75) is 44.9 Å². The molecule has 0 bridgehead atoms. The summed E-state index contributed by atoms with van der Waals surface area (Å²) in [5, 5.41) is 22.8. The third-order valence-corrected chi connectivity index (χ3v) is 6.24. The fraction of sp³-hybridized carbons (Fsp3) is 0.269. The van der Waals surface area contributed by atoms with Gasteiger partial charge in [-0.3, -0.25) is 14.6 Å². The van der Waals surface area contributed by atoms with E-state index in [0.717, 1.165) is 17.8 Å². The van der Waals surface area contributed by atoms with Gasteiger partial charge >= 0.3 is 6.36 Å². The molecule has 4 rings (SSSR count). The summed E-state index contributed by atoms with van der Waals surface area (Å²) in [7, 11) is 0. The number of aromatic nitrogens is 5. The van der Waals surface area contributed by atoms with Crippen molar-refractivity contribution in [1.82, 2.24) is 25.4 Å². The minimum absolute atomic E-state index is 0.139. The molecule has 0 saturated carbocycles. The number of hydrogen-bond donors (Lipinski definition) is 2. The number of hydrogen-bond acceptors (Lipinski definition) is 9. The van der Waals surface area contributed by atoms with Crippen LogP contribution in [-0.4, -0.2) is 43.6 Å². The fourth-order valence-electron chi connectivity index (χ4n) is 3.66. The normalized spacial score (nSPS) is 11.2. The summed E-state index contributed by atoms with van der Waals surface area (Å²) < 4.78 is 41.2. The minimum Gasteiger partial charge on any atom is -0.406 e. The van der Waals surface area contributed by atoms with Gasteiger partial charge in [0.1, 0.15) is 10.8 Å². The summed E-state index contributed by atoms with van der Waals surface area (Å²) in [6.45, 7) is 0. The van der Waals surface area contributed by atoms with Crippen molar-refractivity contribution in [3.05, 3.63) is 82.9 Å². The highest BCUT2D eigenvalue weighted by Crippen LogP contribution is 2.24. The maximum absolute atomic E-state index is 12.4. The summed E-state index contributed by atoms with van der Waals surface area (Å²) in [6, 6.07) is 12.3. The second kappa shape index (κ2) is 13.6. The number of benzene rings is 1. The highest BCUT2D eigenvalue weighted by molar-refractivity contribution is 7.15. The molecule has 1 aromatic carbocycles. The van der Waals surface area contributed by atoms with Crippen molar-refractivity contribution in [3.63, 3.8) is 0 Å². The molecule has 0 spiro atoms. The van der Waals surface area contributed by atoms with Crippen molar-refractivity contribution in [2.24, 2.45) is 0 Å². The molecule has 0 radical (unpaired) electrons. The van der Waals surface area contributed by atoms with Gasteiger partial charge in [0.2, 0.25) is 16.9 Å². The summed E-state index contributed by atoms with van der Waals surface area (Å²) in [6.07, 6.45) is 1.10. The summed E-state index contributed by atoms with van der Waals surface area (Å²) in [5.41, 5.74) is 2.15. The monoisotopic (exact) mass is 571 g/mol. The van der Waals surface area contributed by atoms with E-state index in [-0.39, 0.29) is 24.5 Å². The third kappa shape index (κ3) is 9.69. The number of carbonyl (C=O) groups excluding carboxylic acids is 2. The maximum Gasteiger partial charge on any atom is 0.573 e. The topological polar surface area (TPSA) is 132 Å². The van der Waals surface area contributed by atoms with E-state index in [2.05, 4.69) is 40.7 Å². The molecule has 0 aliphatic heterocycles. The van der Waals surface area contributed by atoms with Crippen molar-refractivity contribution < 1.29 is 27.5 Å². The Labute approximate surface area is 231 Å². The number of nitrogens with zero attached hydrogens (tertiary/aromatic N) is 5. The molecule has 40 heavy (non-hydrogen) atoms. The molecule has 4 aromatic rings. The zero-order valence-electron chi connectivity index (χ0n) is 21.0. The number of carbonyl (C=O) groups is 2. The molecule has 0 aliphatic rings. The second-order valence-electron chi connectivity index (χ2n) is 8.61. The molecule has 2 N–H and O–H groups in total. The quantitative estimate of drug-likeness (QED) is 0.237. The van der Waals surface area contributed by atoms with E-state index in [9.17, 15) is 22.8 Å². The van der Waals surface area contributed by atoms with Crippen LogP contribution < -0.4 is 15.4 Å². The predicted molar refractivity (Wildman–Crippen MR) is 141 cm³/mol. The second-order valence-corrected chi connectivity index (χ2v) is 9.67. The van der Waals surface area contributed by atoms with E-state index in [1.807, 2.05) is 6.07 Å². The molecule has 14 heteroatoms. The van der Waals surface area contributed by atoms with Gasteiger partial charge in [-0.1, -0.05) is 29.5 Å². The smallest absolute Gasteiger partial charge is 0.406 e. The number of rotatable bonds is 12. The highest BCUT2D eigenvalue weighted by atomic mass is 32.1. The Balaban J connectivity index is 1.19. The zero-order valence-corrected chi connectivity index (χ0v) is 21.8. The van der Waals surface area contributed by atoms with Crippen LogP contribution in [0.25, 0.3) is 0 Å². The van der Waals surface area contributed by atoms with Crippen LogP contribution in [0.1, 0.15) is 34.8 Å². The minimum atomic E-state index is -4.81. The SMILES string of the molecule is O=C(Cc1cccc(OC(F)(F)F)c1)Nc1cnnc(CCCCc2nnc(NC(=O)Cc3ccccn3)s2)c1. The first kappa shape index (κ1) is 28.5. The van der Waals surface area contributed by atoms with Gasteiger partial charge in [0.05, 0.1) is 30.4 Å². The van der Waals surface area contributed by atoms with Crippen molar-refractivity contribution in [1.29, 1.82) is 0 Å². The first-order chi connectivity index (χ1) is 19.2. The van der Waals surface area contributed by atoms with Gasteiger partial charge in [0, 0.05) is 18.3 Å². The van der Waals surface area contributed by atoms with Crippen molar-refractivity contribution in [3.8, 4) is 5.75 Å². The molecular weight excluding hydrogens is 547 g/mol. The predicted octanol–water partition coefficient (Wildman–Crippen LogP) is 4.55. The number of aryl methyl sites for hydroxylation is 2. The standard InChI is InChI=1S/C26H24F3N7O3S/c27-26(28,29)39-21-9-5-6-17(12-21)13-22(37)32-20-14-19(34-31-16-20)8-1-2-10-24-35-36-25(40-24)33-23(38)15-18-7-3-4-11-30-18/h3-7,9,11-12,14,16H,1-2,8,10,13,15H2,(H,32,34,37)(H,33,36,38). The van der Waals surface area contributed by atoms with Gasteiger partial charge in [-0.2, -0.15) is 10.2 Å². The van der Waals surface area contributed by atoms with E-state index in [4.69, 9.17) is 0 Å². The van der Waals surface area contributed by atoms with Gasteiger partial charge in [-0.15, -0.1) is 23.4 Å². The van der Waals surface area contributed by atoms with E-state index in [0.29, 0.717) is 40.6 Å². The number of ether oxygens (including phenoxy) is 1. The Bertz CT molecular complexity index is 1430. The average Bonchev–Trinajstić information content (AvgIpc) is 3.33. The lowest BCUT2D eigenvalue weighted by atomic mass is 10.1. The van der Waals surface area contributed by atoms with Crippen LogP contribution in [0.5, 0.6) is 5.75 Å². The Morgan fingerprint density at radius 1 is 0.875 bits per heavy atom. The molecule has 0 fully saturated rings. The number of halogens is 3. The number of unbranched alkanes of at least 4 members (excludes halogenated alkanes) is 1. The number of pyridine rings is 1. The van der Waals surface area contributed by atoms with Gasteiger partial charge in [-0.25, -0.2) is 0 Å². The maximum atomic E-state index is 12.4. The Kier molecular flexibility index (Phi) is 9.67. The van der Waals surface area contributed by atoms with Gasteiger partial charge in [0.15, 0.2) is 0 Å². The summed E-state index contributed by atoms with van der Waals surface area (Å²) in [5.74, 6) is -1.01. The van der Waals surface area contributed by atoms with Crippen LogP contribution in [-0.2, 0) is 35.3 Å². The number of alkyl halides is 3. The average molecular weight is 572 g/mol. The molecular formula is C26H24F3N7O3S. The van der Waals surface area contributed by atoms with Crippen LogP contribution >= 0.6 is 11.3 Å². The van der Waals surface area contributed by atoms with Crippen LogP contribution in [0, 0.1) is 0 Å². The lowest BCUT2D eigenvalue weighted by molar-refractivity contribution is -0.274. The van der Waals surface area contributed by atoms with Crippen LogP contribution in [0.3, 0.4) is 0 Å². The number of anilines is 2. The van der Waals surface area contributed by atoms with E-state index < -0.39 is 12.3 Å². The summed E-state index contributed by atoms with van der Waals surface area (Å²) in [4.78, 5) is 28.7. The third-order valence-electron chi connectivity index (χ3n) is 5.34. The van der Waals surface area contributed by atoms with Crippen molar-refractivity contribution in [2.75, 3.05) is 10.6 Å². The molecule has 3 aromatic heterocycles. The van der Waals surface area contributed by atoms with E-state index in [1.165, 1.54) is 41.8 Å². The fourth-order valence-corrected chi connectivity index (χ4v) is 4.46. The Morgan fingerprint density at radius 2 is 1.70 bits per heavy atom. The van der Waals surface area contributed by atoms with E-state index in [1.54, 1.807) is 24.4 Å². The lowest BCUT2D eigenvalue weighted by Gasteiger charge is -2.10. The van der Waals surface area contributed by atoms with Crippen LogP contribution in [0.4, 0.5) is 24.0 Å². The van der Waals surface area contributed by atoms with Gasteiger partial charge < -0.3 is 15.4 Å².